The van der Waals surface area contributed by atoms with Crippen LogP contribution in [0.25, 0.3) is 16.7 Å². The largest absolute Gasteiger partial charge is 0.352 e. The second-order valence-corrected chi connectivity index (χ2v) is 9.31. The van der Waals surface area contributed by atoms with E-state index in [1.54, 1.807) is 24.3 Å². The van der Waals surface area contributed by atoms with Crippen LogP contribution in [0.15, 0.2) is 82.4 Å². The van der Waals surface area contributed by atoms with Crippen LogP contribution in [0, 0.1) is 0 Å². The minimum absolute atomic E-state index is 0.0619. The topological polar surface area (TPSA) is 90.4 Å². The van der Waals surface area contributed by atoms with Gasteiger partial charge < -0.3 is 5.32 Å². The fourth-order valence-electron chi connectivity index (χ4n) is 4.20. The number of amides is 1. The quantitative estimate of drug-likeness (QED) is 0.384. The first-order valence-electron chi connectivity index (χ1n) is 11.6. The monoisotopic (exact) mass is 501 g/mol. The highest BCUT2D eigenvalue weighted by molar-refractivity contribution is 6.31. The summed E-state index contributed by atoms with van der Waals surface area (Å²) in [5.41, 5.74) is 1.56. The number of aromatic nitrogens is 4. The third-order valence-electron chi connectivity index (χ3n) is 5.92. The molecule has 0 aliphatic heterocycles. The smallest absolute Gasteiger partial charge is 0.350 e. The van der Waals surface area contributed by atoms with E-state index in [1.165, 1.54) is 13.6 Å². The van der Waals surface area contributed by atoms with Crippen LogP contribution in [0.4, 0.5) is 0 Å². The van der Waals surface area contributed by atoms with Gasteiger partial charge in [-0.25, -0.2) is 13.9 Å². The van der Waals surface area contributed by atoms with Crippen molar-refractivity contribution in [2.75, 3.05) is 0 Å². The fourth-order valence-corrected chi connectivity index (χ4v) is 4.40. The molecule has 0 unspecified atom stereocenters. The number of benzene rings is 3. The first kappa shape index (κ1) is 23.6. The average molecular weight is 502 g/mol. The Morgan fingerprint density at radius 2 is 1.69 bits per heavy atom. The summed E-state index contributed by atoms with van der Waals surface area (Å²) in [5.74, 6) is -0.0974. The Kier molecular flexibility index (Phi) is 6.20. The SMILES string of the molecule is CC(C)NC(=O)c1ccc2c(=O)n(Cc3ccccc3)c3nn(Cc4ccccc4Cl)c(=O)n3c2c1. The molecule has 0 saturated heterocycles. The van der Waals surface area contributed by atoms with Crippen molar-refractivity contribution >= 4 is 34.2 Å². The number of hydrogen-bond acceptors (Lipinski definition) is 4. The lowest BCUT2D eigenvalue weighted by Crippen LogP contribution is -2.30. The van der Waals surface area contributed by atoms with Crippen molar-refractivity contribution in [1.82, 2.24) is 24.1 Å². The number of carbonyl (C=O) groups is 1. The van der Waals surface area contributed by atoms with Crippen LogP contribution < -0.4 is 16.6 Å². The van der Waals surface area contributed by atoms with Crippen LogP contribution >= 0.6 is 11.6 Å². The molecule has 1 N–H and O–H groups in total. The zero-order valence-electron chi connectivity index (χ0n) is 19.8. The molecule has 8 nitrogen and oxygen atoms in total. The van der Waals surface area contributed by atoms with Gasteiger partial charge in [-0.05, 0) is 49.2 Å². The van der Waals surface area contributed by atoms with E-state index in [0.29, 0.717) is 21.5 Å². The minimum Gasteiger partial charge on any atom is -0.350 e. The molecule has 0 aliphatic rings. The van der Waals surface area contributed by atoms with Gasteiger partial charge in [-0.2, -0.15) is 0 Å². The average Bonchev–Trinajstić information content (AvgIpc) is 3.19. The summed E-state index contributed by atoms with van der Waals surface area (Å²) >= 11 is 6.33. The molecular weight excluding hydrogens is 478 g/mol. The van der Waals surface area contributed by atoms with Crippen LogP contribution in [0.5, 0.6) is 0 Å². The predicted octanol–water partition coefficient (Wildman–Crippen LogP) is 3.70. The van der Waals surface area contributed by atoms with Crippen molar-refractivity contribution in [3.05, 3.63) is 115 Å². The highest BCUT2D eigenvalue weighted by Crippen LogP contribution is 2.18. The standard InChI is InChI=1S/C27H24ClN5O3/c1-17(2)29-24(34)19-12-13-21-23(14-19)33-26(31(25(21)35)15-18-8-4-3-5-9-18)30-32(27(33)36)16-20-10-6-7-11-22(20)28/h3-14,17H,15-16H2,1-2H3,(H,29,34). The van der Waals surface area contributed by atoms with Gasteiger partial charge in [-0.3, -0.25) is 14.2 Å². The van der Waals surface area contributed by atoms with Crippen LogP contribution in [-0.2, 0) is 13.1 Å². The number of nitrogens with one attached hydrogen (secondary N) is 1. The van der Waals surface area contributed by atoms with E-state index in [0.717, 1.165) is 11.1 Å². The van der Waals surface area contributed by atoms with Crippen LogP contribution in [-0.4, -0.2) is 30.7 Å². The van der Waals surface area contributed by atoms with E-state index >= 15 is 0 Å². The molecule has 0 saturated carbocycles. The number of hydrogen-bond donors (Lipinski definition) is 1. The van der Waals surface area contributed by atoms with Gasteiger partial charge in [0.25, 0.3) is 11.5 Å². The molecule has 0 bridgehead atoms. The number of fused-ring (bicyclic) bond motifs is 3. The van der Waals surface area contributed by atoms with E-state index in [2.05, 4.69) is 10.4 Å². The summed E-state index contributed by atoms with van der Waals surface area (Å²) < 4.78 is 4.16. The Bertz CT molecular complexity index is 1720. The summed E-state index contributed by atoms with van der Waals surface area (Å²) in [5, 5.41) is 8.23. The molecule has 0 aliphatic carbocycles. The molecular formula is C27H24ClN5O3. The van der Waals surface area contributed by atoms with Gasteiger partial charge in [-0.1, -0.05) is 60.1 Å². The summed E-state index contributed by atoms with van der Waals surface area (Å²) in [7, 11) is 0. The molecule has 2 aromatic heterocycles. The fraction of sp³-hybridized carbons (Fsp3) is 0.185. The number of rotatable bonds is 6. The lowest BCUT2D eigenvalue weighted by atomic mass is 10.1. The zero-order chi connectivity index (χ0) is 25.4. The Balaban J connectivity index is 1.77. The third kappa shape index (κ3) is 4.31. The molecule has 36 heavy (non-hydrogen) atoms. The van der Waals surface area contributed by atoms with Crippen molar-refractivity contribution in [2.45, 2.75) is 33.0 Å². The lowest BCUT2D eigenvalue weighted by molar-refractivity contribution is 0.0943. The zero-order valence-corrected chi connectivity index (χ0v) is 20.6. The first-order chi connectivity index (χ1) is 17.3. The van der Waals surface area contributed by atoms with Crippen LogP contribution in [0.2, 0.25) is 5.02 Å². The van der Waals surface area contributed by atoms with Crippen molar-refractivity contribution in [3.8, 4) is 0 Å². The van der Waals surface area contributed by atoms with Gasteiger partial charge in [-0.15, -0.1) is 5.10 Å². The van der Waals surface area contributed by atoms with E-state index in [1.807, 2.05) is 62.4 Å². The van der Waals surface area contributed by atoms with Crippen molar-refractivity contribution in [3.63, 3.8) is 0 Å². The molecule has 1 amide bonds. The Morgan fingerprint density at radius 3 is 2.42 bits per heavy atom. The van der Waals surface area contributed by atoms with Crippen molar-refractivity contribution in [1.29, 1.82) is 0 Å². The molecule has 182 valence electrons. The molecule has 2 heterocycles. The molecule has 0 radical (unpaired) electrons. The van der Waals surface area contributed by atoms with E-state index in [9.17, 15) is 14.4 Å². The normalized spacial score (nSPS) is 11.4. The molecule has 5 aromatic rings. The predicted molar refractivity (Wildman–Crippen MR) is 140 cm³/mol. The van der Waals surface area contributed by atoms with Crippen LogP contribution in [0.3, 0.4) is 0 Å². The molecule has 0 atom stereocenters. The molecule has 0 spiro atoms. The van der Waals surface area contributed by atoms with E-state index in [-0.39, 0.29) is 36.4 Å². The number of halogens is 1. The lowest BCUT2D eigenvalue weighted by Gasteiger charge is -2.12. The van der Waals surface area contributed by atoms with Gasteiger partial charge in [0.05, 0.1) is 24.0 Å². The second-order valence-electron chi connectivity index (χ2n) is 8.90. The van der Waals surface area contributed by atoms with Gasteiger partial charge in [0, 0.05) is 16.6 Å². The van der Waals surface area contributed by atoms with Gasteiger partial charge in [0.1, 0.15) is 0 Å². The third-order valence-corrected chi connectivity index (χ3v) is 6.29. The molecule has 0 fully saturated rings. The maximum Gasteiger partial charge on any atom is 0.352 e. The van der Waals surface area contributed by atoms with Gasteiger partial charge in [0.15, 0.2) is 0 Å². The summed E-state index contributed by atoms with van der Waals surface area (Å²) in [4.78, 5) is 39.9. The van der Waals surface area contributed by atoms with Crippen molar-refractivity contribution < 1.29 is 4.79 Å². The number of nitrogens with zero attached hydrogens (tertiary/aromatic N) is 4. The highest BCUT2D eigenvalue weighted by atomic mass is 35.5. The Hall–Kier alpha value is -4.17. The maximum absolute atomic E-state index is 13.6. The van der Waals surface area contributed by atoms with Gasteiger partial charge in [0.2, 0.25) is 5.78 Å². The molecule has 5 rings (SSSR count). The van der Waals surface area contributed by atoms with E-state index in [4.69, 9.17) is 11.6 Å². The number of carbonyl (C=O) groups excluding carboxylic acids is 1. The van der Waals surface area contributed by atoms with E-state index < -0.39 is 5.69 Å². The summed E-state index contributed by atoms with van der Waals surface area (Å²) in [6.07, 6.45) is 0. The first-order valence-corrected chi connectivity index (χ1v) is 12.0. The van der Waals surface area contributed by atoms with Gasteiger partial charge >= 0.3 is 5.69 Å². The summed E-state index contributed by atoms with van der Waals surface area (Å²) in [6.45, 7) is 4.09. The molecule has 9 heteroatoms. The second kappa shape index (κ2) is 9.47. The maximum atomic E-state index is 13.6. The Labute approximate surface area is 211 Å². The molecule has 3 aromatic carbocycles. The summed E-state index contributed by atoms with van der Waals surface area (Å²) in [6, 6.07) is 21.4. The van der Waals surface area contributed by atoms with Crippen molar-refractivity contribution in [2.24, 2.45) is 0 Å². The Morgan fingerprint density at radius 1 is 0.972 bits per heavy atom. The van der Waals surface area contributed by atoms with Crippen LogP contribution in [0.1, 0.15) is 35.3 Å². The minimum atomic E-state index is -0.432. The highest BCUT2D eigenvalue weighted by Gasteiger charge is 2.20.